The van der Waals surface area contributed by atoms with Crippen LogP contribution in [0.25, 0.3) is 0 Å². The standard InChI is InChI=1S/C6H16N2/c1-6(2)8-5-3-4-7/h6,8H,3-5,7H2,1-2H3/p+1. The first-order valence-electron chi connectivity index (χ1n) is 3.30. The van der Waals surface area contributed by atoms with Crippen molar-refractivity contribution in [1.82, 2.24) is 5.32 Å². The van der Waals surface area contributed by atoms with Gasteiger partial charge in [0.2, 0.25) is 0 Å². The number of quaternary nitrogens is 1. The minimum Gasteiger partial charge on any atom is -0.358 e. The SMILES string of the molecule is CC(C)NCCC[NH3+]. The molecule has 50 valence electrons. The highest BCUT2D eigenvalue weighted by Gasteiger charge is 1.88. The van der Waals surface area contributed by atoms with E-state index in [2.05, 4.69) is 24.9 Å². The van der Waals surface area contributed by atoms with Gasteiger partial charge in [0.25, 0.3) is 0 Å². The van der Waals surface area contributed by atoms with E-state index in [4.69, 9.17) is 0 Å². The summed E-state index contributed by atoms with van der Waals surface area (Å²) in [6, 6.07) is 0.626. The molecule has 0 atom stereocenters. The Kier molecular flexibility index (Phi) is 5.01. The lowest BCUT2D eigenvalue weighted by Crippen LogP contribution is -2.51. The summed E-state index contributed by atoms with van der Waals surface area (Å²) in [7, 11) is 0. The van der Waals surface area contributed by atoms with Gasteiger partial charge < -0.3 is 11.1 Å². The molecule has 0 aromatic heterocycles. The van der Waals surface area contributed by atoms with Crippen molar-refractivity contribution in [3.8, 4) is 0 Å². The van der Waals surface area contributed by atoms with Gasteiger partial charge in [0.05, 0.1) is 6.54 Å². The quantitative estimate of drug-likeness (QED) is 0.484. The third-order valence-corrected chi connectivity index (χ3v) is 0.979. The smallest absolute Gasteiger partial charge is 0.0752 e. The summed E-state index contributed by atoms with van der Waals surface area (Å²) in [6.07, 6.45) is 1.19. The fourth-order valence-electron chi connectivity index (χ4n) is 0.516. The number of nitrogens with one attached hydrogen (secondary N) is 1. The van der Waals surface area contributed by atoms with Crippen LogP contribution < -0.4 is 11.1 Å². The minimum atomic E-state index is 0.626. The largest absolute Gasteiger partial charge is 0.358 e. The van der Waals surface area contributed by atoms with Crippen LogP contribution in [0.5, 0.6) is 0 Å². The second kappa shape index (κ2) is 5.06. The summed E-state index contributed by atoms with van der Waals surface area (Å²) in [5.74, 6) is 0. The van der Waals surface area contributed by atoms with E-state index in [-0.39, 0.29) is 0 Å². The summed E-state index contributed by atoms with van der Waals surface area (Å²) in [4.78, 5) is 0. The Balaban J connectivity index is 2.72. The first-order chi connectivity index (χ1) is 3.77. The Morgan fingerprint density at radius 3 is 2.50 bits per heavy atom. The van der Waals surface area contributed by atoms with Gasteiger partial charge in [-0.15, -0.1) is 0 Å². The van der Waals surface area contributed by atoms with Crippen LogP contribution in [-0.2, 0) is 0 Å². The molecule has 2 heteroatoms. The molecule has 0 fully saturated rings. The molecule has 0 aliphatic rings. The van der Waals surface area contributed by atoms with E-state index in [1.54, 1.807) is 0 Å². The molecule has 0 bridgehead atoms. The Labute approximate surface area is 51.5 Å². The summed E-state index contributed by atoms with van der Waals surface area (Å²) in [5, 5.41) is 3.31. The Hall–Kier alpha value is -0.0800. The summed E-state index contributed by atoms with van der Waals surface area (Å²) < 4.78 is 0. The van der Waals surface area contributed by atoms with Crippen molar-refractivity contribution < 1.29 is 5.73 Å². The maximum Gasteiger partial charge on any atom is 0.0752 e. The minimum absolute atomic E-state index is 0.626. The fourth-order valence-corrected chi connectivity index (χ4v) is 0.516. The van der Waals surface area contributed by atoms with Gasteiger partial charge in [0, 0.05) is 19.0 Å². The normalized spacial score (nSPS) is 10.5. The molecule has 0 aliphatic carbocycles. The molecular weight excluding hydrogens is 100 g/mol. The molecule has 0 rings (SSSR count). The molecule has 8 heavy (non-hydrogen) atoms. The van der Waals surface area contributed by atoms with Crippen LogP contribution in [0.3, 0.4) is 0 Å². The molecule has 0 saturated heterocycles. The van der Waals surface area contributed by atoms with Crippen LogP contribution in [0.15, 0.2) is 0 Å². The predicted octanol–water partition coefficient (Wildman–Crippen LogP) is -0.384. The van der Waals surface area contributed by atoms with Crippen LogP contribution in [0, 0.1) is 0 Å². The summed E-state index contributed by atoms with van der Waals surface area (Å²) >= 11 is 0. The third-order valence-electron chi connectivity index (χ3n) is 0.979. The van der Waals surface area contributed by atoms with Crippen LogP contribution in [-0.4, -0.2) is 19.1 Å². The molecule has 0 radical (unpaired) electrons. The van der Waals surface area contributed by atoms with E-state index in [0.717, 1.165) is 13.1 Å². The first kappa shape index (κ1) is 7.92. The molecule has 0 amide bonds. The van der Waals surface area contributed by atoms with Gasteiger partial charge in [-0.2, -0.15) is 0 Å². The maximum atomic E-state index is 3.74. The monoisotopic (exact) mass is 117 g/mol. The van der Waals surface area contributed by atoms with Crippen molar-refractivity contribution in [2.45, 2.75) is 26.3 Å². The van der Waals surface area contributed by atoms with E-state index in [9.17, 15) is 0 Å². The zero-order valence-corrected chi connectivity index (χ0v) is 5.91. The van der Waals surface area contributed by atoms with Crippen LogP contribution >= 0.6 is 0 Å². The van der Waals surface area contributed by atoms with E-state index in [0.29, 0.717) is 6.04 Å². The number of hydrogen-bond acceptors (Lipinski definition) is 1. The van der Waals surface area contributed by atoms with Crippen molar-refractivity contribution in [2.75, 3.05) is 13.1 Å². The van der Waals surface area contributed by atoms with Crippen molar-refractivity contribution in [2.24, 2.45) is 0 Å². The summed E-state index contributed by atoms with van der Waals surface area (Å²) in [5.41, 5.74) is 3.74. The van der Waals surface area contributed by atoms with Gasteiger partial charge in [-0.25, -0.2) is 0 Å². The highest BCUT2D eigenvalue weighted by Crippen LogP contribution is 1.75. The van der Waals surface area contributed by atoms with E-state index in [1.165, 1.54) is 6.42 Å². The molecule has 4 N–H and O–H groups in total. The zero-order valence-electron chi connectivity index (χ0n) is 5.91. The molecule has 0 heterocycles. The number of rotatable bonds is 4. The Morgan fingerprint density at radius 1 is 1.50 bits per heavy atom. The lowest BCUT2D eigenvalue weighted by atomic mass is 10.3. The molecule has 0 aromatic rings. The molecule has 0 spiro atoms. The molecule has 0 unspecified atom stereocenters. The average Bonchev–Trinajstić information content (AvgIpc) is 1.66. The second-order valence-corrected chi connectivity index (χ2v) is 2.32. The maximum absolute atomic E-state index is 3.74. The Morgan fingerprint density at radius 2 is 2.12 bits per heavy atom. The molecular formula is C6H17N2+. The topological polar surface area (TPSA) is 39.7 Å². The van der Waals surface area contributed by atoms with E-state index in [1.807, 2.05) is 0 Å². The third kappa shape index (κ3) is 5.92. The van der Waals surface area contributed by atoms with Crippen LogP contribution in [0.1, 0.15) is 20.3 Å². The van der Waals surface area contributed by atoms with E-state index < -0.39 is 0 Å². The summed E-state index contributed by atoms with van der Waals surface area (Å²) in [6.45, 7) is 6.47. The molecule has 0 saturated carbocycles. The molecule has 0 aromatic carbocycles. The van der Waals surface area contributed by atoms with Gasteiger partial charge >= 0.3 is 0 Å². The van der Waals surface area contributed by atoms with Crippen molar-refractivity contribution >= 4 is 0 Å². The van der Waals surface area contributed by atoms with Crippen molar-refractivity contribution in [3.05, 3.63) is 0 Å². The van der Waals surface area contributed by atoms with Crippen molar-refractivity contribution in [3.63, 3.8) is 0 Å². The highest BCUT2D eigenvalue weighted by atomic mass is 14.9. The zero-order chi connectivity index (χ0) is 6.41. The van der Waals surface area contributed by atoms with E-state index >= 15 is 0 Å². The fraction of sp³-hybridized carbons (Fsp3) is 1.00. The molecule has 0 aliphatic heterocycles. The van der Waals surface area contributed by atoms with Crippen LogP contribution in [0.4, 0.5) is 0 Å². The van der Waals surface area contributed by atoms with Gasteiger partial charge in [-0.3, -0.25) is 0 Å². The lowest BCUT2D eigenvalue weighted by molar-refractivity contribution is -0.367. The van der Waals surface area contributed by atoms with Gasteiger partial charge in [-0.1, -0.05) is 13.8 Å². The van der Waals surface area contributed by atoms with Crippen LogP contribution in [0.2, 0.25) is 0 Å². The van der Waals surface area contributed by atoms with Gasteiger partial charge in [0.15, 0.2) is 0 Å². The Bertz CT molecular complexity index is 43.8. The highest BCUT2D eigenvalue weighted by molar-refractivity contribution is 4.50. The van der Waals surface area contributed by atoms with Gasteiger partial charge in [0.1, 0.15) is 0 Å². The van der Waals surface area contributed by atoms with Gasteiger partial charge in [-0.05, 0) is 0 Å². The average molecular weight is 117 g/mol. The lowest BCUT2D eigenvalue weighted by Gasteiger charge is -2.04. The molecule has 2 nitrogen and oxygen atoms in total. The number of hydrogen-bond donors (Lipinski definition) is 2. The second-order valence-electron chi connectivity index (χ2n) is 2.32. The first-order valence-corrected chi connectivity index (χ1v) is 3.30. The van der Waals surface area contributed by atoms with Crippen molar-refractivity contribution in [1.29, 1.82) is 0 Å². The predicted molar refractivity (Wildman–Crippen MR) is 35.5 cm³/mol.